The Labute approximate surface area is 229 Å². The number of fused-ring (bicyclic) bond motifs is 1. The van der Waals surface area contributed by atoms with Crippen molar-refractivity contribution in [3.05, 3.63) is 36.0 Å². The molecule has 0 radical (unpaired) electrons. The smallest absolute Gasteiger partial charge is 0.326 e. The molecule has 11 N–H and O–H groups in total. The van der Waals surface area contributed by atoms with Crippen molar-refractivity contribution >= 4 is 59.0 Å². The first-order valence-electron chi connectivity index (χ1n) is 12.0. The number of para-hydroxylation sites is 1. The highest BCUT2D eigenvalue weighted by molar-refractivity contribution is 7.80. The number of rotatable bonds is 16. The first-order valence-corrected chi connectivity index (χ1v) is 12.7. The highest BCUT2D eigenvalue weighted by Gasteiger charge is 2.30. The van der Waals surface area contributed by atoms with Gasteiger partial charge in [0.2, 0.25) is 29.5 Å². The third-order valence-electron chi connectivity index (χ3n) is 5.87. The number of aromatic nitrogens is 1. The molecule has 4 unspecified atom stereocenters. The second-order valence-electron chi connectivity index (χ2n) is 8.88. The zero-order valence-corrected chi connectivity index (χ0v) is 21.9. The molecule has 39 heavy (non-hydrogen) atoms. The van der Waals surface area contributed by atoms with Crippen LogP contribution in [0.3, 0.4) is 0 Å². The van der Waals surface area contributed by atoms with Crippen LogP contribution in [0.25, 0.3) is 10.9 Å². The maximum atomic E-state index is 13.0. The zero-order valence-electron chi connectivity index (χ0n) is 21.0. The predicted molar refractivity (Wildman–Crippen MR) is 144 cm³/mol. The van der Waals surface area contributed by atoms with E-state index in [0.717, 1.165) is 16.5 Å². The van der Waals surface area contributed by atoms with Crippen molar-refractivity contribution in [1.82, 2.24) is 20.9 Å². The van der Waals surface area contributed by atoms with Crippen molar-refractivity contribution in [2.24, 2.45) is 17.2 Å². The van der Waals surface area contributed by atoms with Gasteiger partial charge in [-0.2, -0.15) is 12.6 Å². The number of carboxylic acids is 1. The molecule has 0 aliphatic carbocycles. The number of nitrogens with two attached hydrogens (primary N) is 3. The molecule has 5 amide bonds. The Bertz CT molecular complexity index is 1220. The molecule has 0 fully saturated rings. The van der Waals surface area contributed by atoms with Crippen molar-refractivity contribution in [3.8, 4) is 0 Å². The lowest BCUT2D eigenvalue weighted by atomic mass is 10.0. The molecule has 0 aliphatic heterocycles. The van der Waals surface area contributed by atoms with Gasteiger partial charge in [0.05, 0.1) is 6.04 Å². The van der Waals surface area contributed by atoms with Gasteiger partial charge in [-0.25, -0.2) is 4.79 Å². The van der Waals surface area contributed by atoms with Crippen molar-refractivity contribution in [3.63, 3.8) is 0 Å². The van der Waals surface area contributed by atoms with Gasteiger partial charge >= 0.3 is 5.97 Å². The van der Waals surface area contributed by atoms with Gasteiger partial charge in [0.25, 0.3) is 0 Å². The quantitative estimate of drug-likeness (QED) is 0.103. The van der Waals surface area contributed by atoms with Crippen molar-refractivity contribution in [2.75, 3.05) is 5.75 Å². The third-order valence-corrected chi connectivity index (χ3v) is 6.24. The van der Waals surface area contributed by atoms with Crippen LogP contribution in [0.2, 0.25) is 0 Å². The molecule has 4 atom stereocenters. The summed E-state index contributed by atoms with van der Waals surface area (Å²) in [6.45, 7) is 0. The zero-order chi connectivity index (χ0) is 29.1. The molecule has 0 saturated carbocycles. The number of hydrogen-bond donors (Lipinski definition) is 9. The van der Waals surface area contributed by atoms with E-state index in [9.17, 15) is 33.9 Å². The Morgan fingerprint density at radius 3 is 1.97 bits per heavy atom. The van der Waals surface area contributed by atoms with Crippen LogP contribution in [0.15, 0.2) is 30.5 Å². The minimum atomic E-state index is -1.43. The molecule has 14 nitrogen and oxygen atoms in total. The van der Waals surface area contributed by atoms with Crippen LogP contribution < -0.4 is 33.2 Å². The summed E-state index contributed by atoms with van der Waals surface area (Å²) in [5.74, 6) is -5.47. The largest absolute Gasteiger partial charge is 0.480 e. The van der Waals surface area contributed by atoms with Crippen LogP contribution in [-0.2, 0) is 35.2 Å². The first-order chi connectivity index (χ1) is 18.4. The average Bonchev–Trinajstić information content (AvgIpc) is 3.29. The number of carbonyl (C=O) groups is 6. The van der Waals surface area contributed by atoms with Gasteiger partial charge in [-0.3, -0.25) is 24.0 Å². The van der Waals surface area contributed by atoms with Gasteiger partial charge in [0, 0.05) is 35.7 Å². The maximum absolute atomic E-state index is 13.0. The summed E-state index contributed by atoms with van der Waals surface area (Å²) in [5.41, 5.74) is 18.0. The summed E-state index contributed by atoms with van der Waals surface area (Å²) in [5, 5.41) is 17.3. The number of hydrogen-bond acceptors (Lipinski definition) is 8. The van der Waals surface area contributed by atoms with E-state index < -0.39 is 59.7 Å². The molecule has 1 heterocycles. The first kappa shape index (κ1) is 31.1. The van der Waals surface area contributed by atoms with E-state index in [4.69, 9.17) is 17.2 Å². The molecule has 0 saturated heterocycles. The number of aromatic amines is 1. The molecule has 0 aliphatic rings. The molecule has 0 bridgehead atoms. The van der Waals surface area contributed by atoms with Gasteiger partial charge in [-0.05, 0) is 30.9 Å². The normalized spacial score (nSPS) is 14.0. The lowest BCUT2D eigenvalue weighted by Gasteiger charge is -2.24. The van der Waals surface area contributed by atoms with Crippen LogP contribution in [0.4, 0.5) is 0 Å². The van der Waals surface area contributed by atoms with Gasteiger partial charge in [-0.1, -0.05) is 18.2 Å². The Hall–Kier alpha value is -4.11. The van der Waals surface area contributed by atoms with Gasteiger partial charge in [0.1, 0.15) is 18.1 Å². The maximum Gasteiger partial charge on any atom is 0.326 e. The fourth-order valence-corrected chi connectivity index (χ4v) is 4.00. The highest BCUT2D eigenvalue weighted by atomic mass is 32.1. The van der Waals surface area contributed by atoms with Gasteiger partial charge < -0.3 is 43.2 Å². The van der Waals surface area contributed by atoms with Gasteiger partial charge in [-0.15, -0.1) is 0 Å². The fourth-order valence-electron chi connectivity index (χ4n) is 3.75. The molecule has 2 rings (SSSR count). The molecule has 1 aromatic heterocycles. The van der Waals surface area contributed by atoms with E-state index in [1.54, 1.807) is 6.20 Å². The highest BCUT2D eigenvalue weighted by Crippen LogP contribution is 2.18. The van der Waals surface area contributed by atoms with Crippen molar-refractivity contribution in [2.45, 2.75) is 56.3 Å². The second kappa shape index (κ2) is 14.7. The number of primary amides is 2. The topological polar surface area (TPSA) is 253 Å². The van der Waals surface area contributed by atoms with E-state index in [1.807, 2.05) is 24.3 Å². The number of aliphatic carboxylic acids is 1. The summed E-state index contributed by atoms with van der Waals surface area (Å²) in [6, 6.07) is 2.40. The molecular weight excluding hydrogens is 530 g/mol. The molecule has 2 aromatic rings. The lowest BCUT2D eigenvalue weighted by Crippen LogP contribution is -2.58. The second-order valence-corrected chi connectivity index (χ2v) is 9.25. The van der Waals surface area contributed by atoms with Crippen molar-refractivity contribution in [1.29, 1.82) is 0 Å². The van der Waals surface area contributed by atoms with Crippen LogP contribution >= 0.6 is 12.6 Å². The lowest BCUT2D eigenvalue weighted by molar-refractivity contribution is -0.142. The summed E-state index contributed by atoms with van der Waals surface area (Å²) in [6.07, 6.45) is 0.929. The molecule has 0 spiro atoms. The number of thiol groups is 1. The molecule has 15 heteroatoms. The number of benzene rings is 1. The Morgan fingerprint density at radius 2 is 1.38 bits per heavy atom. The summed E-state index contributed by atoms with van der Waals surface area (Å²) < 4.78 is 0. The van der Waals surface area contributed by atoms with Gasteiger partial charge in [0.15, 0.2) is 0 Å². The minimum Gasteiger partial charge on any atom is -0.480 e. The molecular formula is C24H33N7O7S. The Kier molecular flexibility index (Phi) is 11.7. The molecule has 1 aromatic carbocycles. The average molecular weight is 564 g/mol. The van der Waals surface area contributed by atoms with Crippen LogP contribution in [-0.4, -0.2) is 75.5 Å². The summed E-state index contributed by atoms with van der Waals surface area (Å²) in [7, 11) is 0. The molecule has 212 valence electrons. The van der Waals surface area contributed by atoms with E-state index in [-0.39, 0.29) is 37.9 Å². The SMILES string of the molecule is NC(=O)CCC(NC(=O)C(CS)NC(=O)C(CCC(N)=O)NC(=O)C(N)Cc1c[nH]c2ccccc12)C(=O)O. The number of nitrogens with one attached hydrogen (secondary N) is 4. The fraction of sp³-hybridized carbons (Fsp3) is 0.417. The van der Waals surface area contributed by atoms with E-state index >= 15 is 0 Å². The van der Waals surface area contributed by atoms with E-state index in [0.29, 0.717) is 0 Å². The number of amides is 5. The number of H-pyrrole nitrogens is 1. The van der Waals surface area contributed by atoms with E-state index in [2.05, 4.69) is 33.6 Å². The summed E-state index contributed by atoms with van der Waals surface area (Å²) in [4.78, 5) is 75.3. The minimum absolute atomic E-state index is 0.156. The Balaban J connectivity index is 2.08. The predicted octanol–water partition coefficient (Wildman–Crippen LogP) is -1.96. The van der Waals surface area contributed by atoms with Crippen LogP contribution in [0.1, 0.15) is 31.2 Å². The monoisotopic (exact) mass is 563 g/mol. The number of carbonyl (C=O) groups excluding carboxylic acids is 5. The van der Waals surface area contributed by atoms with Crippen LogP contribution in [0.5, 0.6) is 0 Å². The standard InChI is InChI=1S/C24H33N7O7S/c25-14(9-12-10-28-15-4-2-1-3-13(12)15)21(34)29-16(5-7-19(26)32)22(35)31-18(11-39)23(36)30-17(24(37)38)6-8-20(27)33/h1-4,10,14,16-18,28,39H,5-9,11,25H2,(H2,26,32)(H2,27,33)(H,29,34)(H,30,36)(H,31,35)(H,37,38). The third kappa shape index (κ3) is 9.61. The summed E-state index contributed by atoms with van der Waals surface area (Å²) >= 11 is 4.04. The number of carboxylic acid groups (broad SMARTS) is 1. The Morgan fingerprint density at radius 1 is 0.846 bits per heavy atom. The van der Waals surface area contributed by atoms with Crippen LogP contribution in [0, 0.1) is 0 Å². The van der Waals surface area contributed by atoms with E-state index in [1.165, 1.54) is 0 Å². The van der Waals surface area contributed by atoms with Crippen molar-refractivity contribution < 1.29 is 33.9 Å².